The van der Waals surface area contributed by atoms with Gasteiger partial charge in [-0.1, -0.05) is 6.92 Å². The van der Waals surface area contributed by atoms with Crippen LogP contribution in [0.25, 0.3) is 0 Å². The number of rotatable bonds is 6. The highest BCUT2D eigenvalue weighted by Crippen LogP contribution is 2.19. The number of carbonyl (C=O) groups excluding carboxylic acids is 1. The zero-order valence-corrected chi connectivity index (χ0v) is 12.0. The SMILES string of the molecule is CCCNC1COCC1C(=O)NC(C)C1CCOC1. The lowest BCUT2D eigenvalue weighted by atomic mass is 9.98. The molecule has 2 aliphatic rings. The molecule has 4 atom stereocenters. The summed E-state index contributed by atoms with van der Waals surface area (Å²) in [7, 11) is 0. The lowest BCUT2D eigenvalue weighted by Gasteiger charge is -2.23. The Labute approximate surface area is 115 Å². The van der Waals surface area contributed by atoms with Crippen molar-refractivity contribution in [1.29, 1.82) is 0 Å². The zero-order chi connectivity index (χ0) is 13.7. The van der Waals surface area contributed by atoms with Gasteiger partial charge in [-0.05, 0) is 26.3 Å². The second-order valence-electron chi connectivity index (χ2n) is 5.63. The van der Waals surface area contributed by atoms with Crippen molar-refractivity contribution < 1.29 is 14.3 Å². The second kappa shape index (κ2) is 7.22. The fraction of sp³-hybridized carbons (Fsp3) is 0.929. The summed E-state index contributed by atoms with van der Waals surface area (Å²) < 4.78 is 10.8. The van der Waals surface area contributed by atoms with Gasteiger partial charge in [-0.25, -0.2) is 0 Å². The van der Waals surface area contributed by atoms with E-state index >= 15 is 0 Å². The molecule has 5 nitrogen and oxygen atoms in total. The van der Waals surface area contributed by atoms with E-state index in [0.29, 0.717) is 19.1 Å². The monoisotopic (exact) mass is 270 g/mol. The van der Waals surface area contributed by atoms with Gasteiger partial charge in [0.15, 0.2) is 0 Å². The highest BCUT2D eigenvalue weighted by atomic mass is 16.5. The van der Waals surface area contributed by atoms with E-state index in [1.165, 1.54) is 0 Å². The quantitative estimate of drug-likeness (QED) is 0.740. The Kier molecular flexibility index (Phi) is 5.60. The molecule has 2 aliphatic heterocycles. The van der Waals surface area contributed by atoms with Gasteiger partial charge in [0.2, 0.25) is 5.91 Å². The molecular formula is C14H26N2O3. The lowest BCUT2D eigenvalue weighted by Crippen LogP contribution is -2.48. The summed E-state index contributed by atoms with van der Waals surface area (Å²) in [5, 5.41) is 6.53. The summed E-state index contributed by atoms with van der Waals surface area (Å²) in [5.74, 6) is 0.509. The predicted octanol–water partition coefficient (Wildman–Crippen LogP) is 0.542. The minimum Gasteiger partial charge on any atom is -0.381 e. The van der Waals surface area contributed by atoms with Crippen LogP contribution in [0, 0.1) is 11.8 Å². The molecule has 0 radical (unpaired) electrons. The van der Waals surface area contributed by atoms with Crippen LogP contribution < -0.4 is 10.6 Å². The van der Waals surface area contributed by atoms with Crippen molar-refractivity contribution in [3.05, 3.63) is 0 Å². The van der Waals surface area contributed by atoms with E-state index in [4.69, 9.17) is 9.47 Å². The highest BCUT2D eigenvalue weighted by Gasteiger charge is 2.35. The third-order valence-corrected chi connectivity index (χ3v) is 4.12. The average molecular weight is 270 g/mol. The molecule has 0 aliphatic carbocycles. The zero-order valence-electron chi connectivity index (χ0n) is 12.0. The van der Waals surface area contributed by atoms with E-state index in [1.807, 2.05) is 0 Å². The largest absolute Gasteiger partial charge is 0.381 e. The van der Waals surface area contributed by atoms with Gasteiger partial charge in [0, 0.05) is 24.6 Å². The summed E-state index contributed by atoms with van der Waals surface area (Å²) in [6.07, 6.45) is 2.11. The maximum atomic E-state index is 12.3. The second-order valence-corrected chi connectivity index (χ2v) is 5.63. The molecule has 2 fully saturated rings. The topological polar surface area (TPSA) is 59.6 Å². The van der Waals surface area contributed by atoms with Crippen LogP contribution in [0.2, 0.25) is 0 Å². The highest BCUT2D eigenvalue weighted by molar-refractivity contribution is 5.80. The number of hydrogen-bond acceptors (Lipinski definition) is 4. The minimum absolute atomic E-state index is 0.0590. The summed E-state index contributed by atoms with van der Waals surface area (Å²) in [6, 6.07) is 0.342. The maximum absolute atomic E-state index is 12.3. The third kappa shape index (κ3) is 3.91. The van der Waals surface area contributed by atoms with E-state index < -0.39 is 0 Å². The van der Waals surface area contributed by atoms with Gasteiger partial charge in [-0.3, -0.25) is 4.79 Å². The van der Waals surface area contributed by atoms with Gasteiger partial charge >= 0.3 is 0 Å². The Morgan fingerprint density at radius 2 is 2.16 bits per heavy atom. The Morgan fingerprint density at radius 1 is 1.32 bits per heavy atom. The van der Waals surface area contributed by atoms with Gasteiger partial charge < -0.3 is 20.1 Å². The first-order valence-corrected chi connectivity index (χ1v) is 7.41. The van der Waals surface area contributed by atoms with Crippen molar-refractivity contribution in [2.45, 2.75) is 38.8 Å². The van der Waals surface area contributed by atoms with Crippen LogP contribution in [-0.2, 0) is 14.3 Å². The van der Waals surface area contributed by atoms with E-state index in [9.17, 15) is 4.79 Å². The Morgan fingerprint density at radius 3 is 2.84 bits per heavy atom. The molecule has 1 amide bonds. The summed E-state index contributed by atoms with van der Waals surface area (Å²) in [4.78, 5) is 12.3. The molecule has 0 aromatic carbocycles. The molecule has 19 heavy (non-hydrogen) atoms. The molecule has 5 heteroatoms. The predicted molar refractivity (Wildman–Crippen MR) is 72.9 cm³/mol. The van der Waals surface area contributed by atoms with E-state index in [0.717, 1.165) is 32.6 Å². The Bertz CT molecular complexity index is 292. The third-order valence-electron chi connectivity index (χ3n) is 4.12. The minimum atomic E-state index is -0.0590. The normalized spacial score (nSPS) is 32.4. The van der Waals surface area contributed by atoms with Crippen molar-refractivity contribution in [3.63, 3.8) is 0 Å². The van der Waals surface area contributed by atoms with Crippen LogP contribution in [-0.4, -0.2) is 51.0 Å². The molecule has 110 valence electrons. The Hall–Kier alpha value is -0.650. The van der Waals surface area contributed by atoms with Gasteiger partial charge in [0.25, 0.3) is 0 Å². The van der Waals surface area contributed by atoms with Gasteiger partial charge in [0.05, 0.1) is 25.7 Å². The van der Waals surface area contributed by atoms with Crippen LogP contribution in [0.15, 0.2) is 0 Å². The molecule has 2 saturated heterocycles. The molecule has 0 saturated carbocycles. The van der Waals surface area contributed by atoms with E-state index in [2.05, 4.69) is 24.5 Å². The summed E-state index contributed by atoms with van der Waals surface area (Å²) >= 11 is 0. The fourth-order valence-electron chi connectivity index (χ4n) is 2.74. The van der Waals surface area contributed by atoms with Crippen LogP contribution in [0.3, 0.4) is 0 Å². The van der Waals surface area contributed by atoms with Gasteiger partial charge in [-0.15, -0.1) is 0 Å². The van der Waals surface area contributed by atoms with Gasteiger partial charge in [-0.2, -0.15) is 0 Å². The molecule has 2 N–H and O–H groups in total. The van der Waals surface area contributed by atoms with Crippen LogP contribution in [0.1, 0.15) is 26.7 Å². The standard InChI is InChI=1S/C14H26N2O3/c1-3-5-15-13-9-19-8-12(13)14(17)16-10(2)11-4-6-18-7-11/h10-13,15H,3-9H2,1-2H3,(H,16,17). The number of amides is 1. The van der Waals surface area contributed by atoms with E-state index in [1.54, 1.807) is 0 Å². The van der Waals surface area contributed by atoms with E-state index in [-0.39, 0.29) is 23.9 Å². The van der Waals surface area contributed by atoms with Crippen molar-refractivity contribution in [2.24, 2.45) is 11.8 Å². The number of nitrogens with one attached hydrogen (secondary N) is 2. The smallest absolute Gasteiger partial charge is 0.227 e. The first kappa shape index (κ1) is 14.8. The molecule has 4 unspecified atom stereocenters. The van der Waals surface area contributed by atoms with Crippen molar-refractivity contribution in [2.75, 3.05) is 33.0 Å². The first-order valence-electron chi connectivity index (χ1n) is 7.41. The molecule has 0 aromatic rings. The summed E-state index contributed by atoms with van der Waals surface area (Å²) in [6.45, 7) is 7.88. The van der Waals surface area contributed by atoms with Gasteiger partial charge in [0.1, 0.15) is 0 Å². The average Bonchev–Trinajstić information content (AvgIpc) is 3.07. The maximum Gasteiger partial charge on any atom is 0.227 e. The number of hydrogen-bond donors (Lipinski definition) is 2. The molecular weight excluding hydrogens is 244 g/mol. The summed E-state index contributed by atoms with van der Waals surface area (Å²) in [5.41, 5.74) is 0. The Balaban J connectivity index is 1.80. The molecule has 2 heterocycles. The number of ether oxygens (including phenoxy) is 2. The van der Waals surface area contributed by atoms with Crippen molar-refractivity contribution in [3.8, 4) is 0 Å². The van der Waals surface area contributed by atoms with Crippen molar-refractivity contribution >= 4 is 5.91 Å². The van der Waals surface area contributed by atoms with Crippen molar-refractivity contribution in [1.82, 2.24) is 10.6 Å². The molecule has 2 rings (SSSR count). The number of carbonyl (C=O) groups is 1. The first-order chi connectivity index (χ1) is 9.22. The van der Waals surface area contributed by atoms with Crippen LogP contribution in [0.4, 0.5) is 0 Å². The molecule has 0 bridgehead atoms. The molecule has 0 aromatic heterocycles. The fourth-order valence-corrected chi connectivity index (χ4v) is 2.74. The molecule has 0 spiro atoms. The van der Waals surface area contributed by atoms with Crippen LogP contribution >= 0.6 is 0 Å². The lowest BCUT2D eigenvalue weighted by molar-refractivity contribution is -0.126. The van der Waals surface area contributed by atoms with Crippen LogP contribution in [0.5, 0.6) is 0 Å².